The molecular formula is C19H21N5O3S. The molecule has 2 aromatic heterocycles. The molecule has 4 N–H and O–H groups in total. The van der Waals surface area contributed by atoms with Gasteiger partial charge in [-0.05, 0) is 5.56 Å². The molecule has 0 unspecified atom stereocenters. The van der Waals surface area contributed by atoms with E-state index in [9.17, 15) is 14.4 Å². The maximum atomic E-state index is 12.5. The van der Waals surface area contributed by atoms with Crippen LogP contribution in [0.3, 0.4) is 0 Å². The van der Waals surface area contributed by atoms with Gasteiger partial charge in [0, 0.05) is 37.2 Å². The molecule has 146 valence electrons. The Labute approximate surface area is 165 Å². The predicted molar refractivity (Wildman–Crippen MR) is 106 cm³/mol. The molecule has 0 saturated heterocycles. The van der Waals surface area contributed by atoms with Gasteiger partial charge < -0.3 is 16.4 Å². The number of hydrogen-bond acceptors (Lipinski definition) is 5. The van der Waals surface area contributed by atoms with Crippen molar-refractivity contribution in [2.24, 2.45) is 5.73 Å². The molecule has 0 aliphatic heterocycles. The van der Waals surface area contributed by atoms with E-state index < -0.39 is 11.9 Å². The van der Waals surface area contributed by atoms with Gasteiger partial charge >= 0.3 is 0 Å². The number of hydrogen-bond donors (Lipinski definition) is 3. The molecule has 2 heterocycles. The van der Waals surface area contributed by atoms with Gasteiger partial charge in [0.05, 0.1) is 12.1 Å². The third-order valence-electron chi connectivity index (χ3n) is 4.09. The normalized spacial score (nSPS) is 11.9. The van der Waals surface area contributed by atoms with Crippen LogP contribution in [0.1, 0.15) is 17.7 Å². The molecule has 3 amide bonds. The third-order valence-corrected chi connectivity index (χ3v) is 4.86. The minimum absolute atomic E-state index is 0.0448. The summed E-state index contributed by atoms with van der Waals surface area (Å²) in [5.41, 5.74) is 6.65. The number of fused-ring (bicyclic) bond motifs is 1. The van der Waals surface area contributed by atoms with E-state index in [1.54, 1.807) is 6.20 Å². The Hall–Kier alpha value is -3.20. The molecular weight excluding hydrogens is 378 g/mol. The molecule has 0 aliphatic rings. The average molecular weight is 399 g/mol. The number of rotatable bonds is 9. The van der Waals surface area contributed by atoms with Gasteiger partial charge in [-0.3, -0.25) is 18.8 Å². The maximum absolute atomic E-state index is 12.5. The zero-order valence-corrected chi connectivity index (χ0v) is 15.9. The van der Waals surface area contributed by atoms with E-state index in [1.165, 1.54) is 11.3 Å². The number of imidazole rings is 1. The van der Waals surface area contributed by atoms with Crippen molar-refractivity contribution in [1.82, 2.24) is 20.0 Å². The van der Waals surface area contributed by atoms with Crippen molar-refractivity contribution in [3.63, 3.8) is 0 Å². The second-order valence-electron chi connectivity index (χ2n) is 6.32. The van der Waals surface area contributed by atoms with Gasteiger partial charge in [0.2, 0.25) is 17.7 Å². The summed E-state index contributed by atoms with van der Waals surface area (Å²) in [6.07, 6.45) is 4.13. The smallest absolute Gasteiger partial charge is 0.242 e. The number of carbonyl (C=O) groups is 3. The first-order chi connectivity index (χ1) is 13.5. The number of nitrogens with zero attached hydrogens (tertiary/aromatic N) is 2. The molecule has 0 fully saturated rings. The van der Waals surface area contributed by atoms with E-state index in [2.05, 4.69) is 15.6 Å². The van der Waals surface area contributed by atoms with E-state index in [4.69, 9.17) is 5.73 Å². The Balaban J connectivity index is 1.64. The number of carbonyl (C=O) groups excluding carboxylic acids is 3. The first kappa shape index (κ1) is 19.6. The summed E-state index contributed by atoms with van der Waals surface area (Å²) < 4.78 is 1.85. The number of amides is 3. The van der Waals surface area contributed by atoms with Crippen LogP contribution in [-0.2, 0) is 27.2 Å². The summed E-state index contributed by atoms with van der Waals surface area (Å²) in [5, 5.41) is 7.34. The second-order valence-corrected chi connectivity index (χ2v) is 7.19. The van der Waals surface area contributed by atoms with Crippen LogP contribution >= 0.6 is 11.3 Å². The number of benzene rings is 1. The Bertz CT molecular complexity index is 938. The highest BCUT2D eigenvalue weighted by Gasteiger charge is 2.22. The van der Waals surface area contributed by atoms with Crippen LogP contribution in [0, 0.1) is 0 Å². The lowest BCUT2D eigenvalue weighted by molar-refractivity contribution is -0.128. The fourth-order valence-electron chi connectivity index (χ4n) is 2.76. The molecule has 3 rings (SSSR count). The van der Waals surface area contributed by atoms with Crippen molar-refractivity contribution in [2.45, 2.75) is 25.3 Å². The molecule has 28 heavy (non-hydrogen) atoms. The second kappa shape index (κ2) is 9.14. The first-order valence-corrected chi connectivity index (χ1v) is 9.69. The average Bonchev–Trinajstić information content (AvgIpc) is 3.23. The van der Waals surface area contributed by atoms with Crippen LogP contribution < -0.4 is 16.4 Å². The minimum atomic E-state index is -0.758. The highest BCUT2D eigenvalue weighted by Crippen LogP contribution is 2.12. The van der Waals surface area contributed by atoms with Crippen LogP contribution in [0.25, 0.3) is 4.96 Å². The summed E-state index contributed by atoms with van der Waals surface area (Å²) in [6, 6.07) is 8.65. The third kappa shape index (κ3) is 5.40. The Morgan fingerprint density at radius 1 is 1.21 bits per heavy atom. The molecule has 3 aromatic rings. The highest BCUT2D eigenvalue weighted by molar-refractivity contribution is 7.15. The monoisotopic (exact) mass is 399 g/mol. The first-order valence-electron chi connectivity index (χ1n) is 8.81. The molecule has 1 aromatic carbocycles. The van der Waals surface area contributed by atoms with Gasteiger partial charge in [-0.25, -0.2) is 4.98 Å². The Morgan fingerprint density at radius 2 is 2.00 bits per heavy atom. The summed E-state index contributed by atoms with van der Waals surface area (Å²) in [7, 11) is 0. The van der Waals surface area contributed by atoms with Gasteiger partial charge in [0.1, 0.15) is 6.04 Å². The van der Waals surface area contributed by atoms with Gasteiger partial charge in [0.15, 0.2) is 4.96 Å². The minimum Gasteiger partial charge on any atom is -0.370 e. The van der Waals surface area contributed by atoms with Crippen LogP contribution in [-0.4, -0.2) is 39.7 Å². The summed E-state index contributed by atoms with van der Waals surface area (Å²) in [5.74, 6) is -1.15. The molecule has 0 spiro atoms. The molecule has 0 bridgehead atoms. The van der Waals surface area contributed by atoms with Crippen molar-refractivity contribution >= 4 is 34.0 Å². The molecule has 0 radical (unpaired) electrons. The van der Waals surface area contributed by atoms with Crippen LogP contribution in [0.4, 0.5) is 0 Å². The number of thiazole rings is 1. The Kier molecular flexibility index (Phi) is 6.38. The number of nitrogens with two attached hydrogens (primary N) is 1. The van der Waals surface area contributed by atoms with E-state index in [-0.39, 0.29) is 31.2 Å². The summed E-state index contributed by atoms with van der Waals surface area (Å²) in [6.45, 7) is 0.132. The topological polar surface area (TPSA) is 119 Å². The van der Waals surface area contributed by atoms with Crippen molar-refractivity contribution in [1.29, 1.82) is 0 Å². The number of nitrogens with one attached hydrogen (secondary N) is 2. The van der Waals surface area contributed by atoms with Gasteiger partial charge in [0.25, 0.3) is 0 Å². The lowest BCUT2D eigenvalue weighted by Crippen LogP contribution is -2.49. The van der Waals surface area contributed by atoms with Gasteiger partial charge in [-0.2, -0.15) is 0 Å². The fraction of sp³-hybridized carbons (Fsp3) is 0.263. The molecule has 9 heteroatoms. The van der Waals surface area contributed by atoms with E-state index in [1.807, 2.05) is 46.3 Å². The predicted octanol–water partition coefficient (Wildman–Crippen LogP) is 0.657. The maximum Gasteiger partial charge on any atom is 0.242 e. The summed E-state index contributed by atoms with van der Waals surface area (Å²) in [4.78, 5) is 41.1. The molecule has 0 aliphatic carbocycles. The van der Waals surface area contributed by atoms with Crippen molar-refractivity contribution in [2.75, 3.05) is 6.54 Å². The van der Waals surface area contributed by atoms with Crippen molar-refractivity contribution < 1.29 is 14.4 Å². The van der Waals surface area contributed by atoms with E-state index in [0.29, 0.717) is 12.1 Å². The fourth-order valence-corrected chi connectivity index (χ4v) is 3.48. The van der Waals surface area contributed by atoms with Crippen LogP contribution in [0.5, 0.6) is 0 Å². The zero-order chi connectivity index (χ0) is 19.9. The lowest BCUT2D eigenvalue weighted by atomic mass is 10.0. The van der Waals surface area contributed by atoms with E-state index >= 15 is 0 Å². The van der Waals surface area contributed by atoms with Gasteiger partial charge in [-0.15, -0.1) is 11.3 Å². The molecule has 0 saturated carbocycles. The number of aromatic nitrogens is 2. The zero-order valence-electron chi connectivity index (χ0n) is 15.1. The lowest BCUT2D eigenvalue weighted by Gasteiger charge is -2.18. The quantitative estimate of drug-likeness (QED) is 0.490. The summed E-state index contributed by atoms with van der Waals surface area (Å²) >= 11 is 1.49. The molecule has 1 atom stereocenters. The Morgan fingerprint density at radius 3 is 2.71 bits per heavy atom. The van der Waals surface area contributed by atoms with Crippen LogP contribution in [0.15, 0.2) is 48.1 Å². The van der Waals surface area contributed by atoms with Crippen molar-refractivity contribution in [3.8, 4) is 0 Å². The largest absolute Gasteiger partial charge is 0.370 e. The molecule has 8 nitrogen and oxygen atoms in total. The van der Waals surface area contributed by atoms with E-state index in [0.717, 1.165) is 10.5 Å². The van der Waals surface area contributed by atoms with Crippen LogP contribution in [0.2, 0.25) is 0 Å². The highest BCUT2D eigenvalue weighted by atomic mass is 32.1. The number of primary amides is 1. The SMILES string of the molecule is NC(=O)CCNC(=O)[C@@H](Cc1ccccc1)NC(=O)Cc1cn2ccsc2n1. The van der Waals surface area contributed by atoms with Crippen molar-refractivity contribution in [3.05, 3.63) is 59.4 Å². The standard InChI is InChI=1S/C19H21N5O3S/c20-16(25)6-7-21-18(27)15(10-13-4-2-1-3-5-13)23-17(26)11-14-12-24-8-9-28-19(24)22-14/h1-5,8-9,12,15H,6-7,10-11H2,(H2,20,25)(H,21,27)(H,23,26)/t15-/m1/s1. The van der Waals surface area contributed by atoms with Gasteiger partial charge in [-0.1, -0.05) is 30.3 Å².